The summed E-state index contributed by atoms with van der Waals surface area (Å²) in [6.45, 7) is 1.95. The molecule has 134 valence electrons. The van der Waals surface area contributed by atoms with Crippen molar-refractivity contribution in [2.75, 3.05) is 11.4 Å². The maximum atomic E-state index is 12.6. The molecular formula is C18H15ClN2O5. The Morgan fingerprint density at radius 3 is 2.73 bits per heavy atom. The second kappa shape index (κ2) is 7.13. The van der Waals surface area contributed by atoms with Crippen molar-refractivity contribution in [3.05, 3.63) is 68.7 Å². The van der Waals surface area contributed by atoms with E-state index in [-0.39, 0.29) is 16.5 Å². The molecule has 1 heterocycles. The third kappa shape index (κ3) is 3.39. The Kier molecular flexibility index (Phi) is 4.90. The summed E-state index contributed by atoms with van der Waals surface area (Å²) < 4.78 is 5.18. The number of carbonyl (C=O) groups is 2. The Morgan fingerprint density at radius 1 is 1.27 bits per heavy atom. The number of para-hydroxylation sites is 1. The summed E-state index contributed by atoms with van der Waals surface area (Å²) in [4.78, 5) is 36.9. The molecular weight excluding hydrogens is 360 g/mol. The number of nitrogens with zero attached hydrogens (tertiary/aromatic N) is 2. The number of benzene rings is 2. The highest BCUT2D eigenvalue weighted by Gasteiger charge is 2.31. The first-order valence-electron chi connectivity index (χ1n) is 7.92. The largest absolute Gasteiger partial charge is 0.449 e. The molecule has 0 saturated heterocycles. The van der Waals surface area contributed by atoms with Crippen LogP contribution in [0.25, 0.3) is 0 Å². The molecule has 1 unspecified atom stereocenters. The van der Waals surface area contributed by atoms with Crippen molar-refractivity contribution in [2.24, 2.45) is 0 Å². The van der Waals surface area contributed by atoms with Gasteiger partial charge in [-0.2, -0.15) is 0 Å². The molecule has 1 aliphatic heterocycles. The van der Waals surface area contributed by atoms with E-state index in [1.165, 1.54) is 19.1 Å². The molecule has 7 nitrogen and oxygen atoms in total. The Labute approximate surface area is 154 Å². The summed E-state index contributed by atoms with van der Waals surface area (Å²) in [7, 11) is 0. The monoisotopic (exact) mass is 374 g/mol. The number of hydrogen-bond donors (Lipinski definition) is 0. The molecule has 1 amide bonds. The average Bonchev–Trinajstić information content (AvgIpc) is 3.04. The van der Waals surface area contributed by atoms with Gasteiger partial charge in [-0.25, -0.2) is 4.79 Å². The Balaban J connectivity index is 1.76. The number of halogens is 1. The van der Waals surface area contributed by atoms with Gasteiger partial charge in [0.05, 0.1) is 4.92 Å². The van der Waals surface area contributed by atoms with Crippen LogP contribution in [0.4, 0.5) is 11.4 Å². The van der Waals surface area contributed by atoms with Crippen LogP contribution in [-0.4, -0.2) is 29.4 Å². The first-order valence-corrected chi connectivity index (χ1v) is 8.30. The third-order valence-corrected chi connectivity index (χ3v) is 4.40. The molecule has 0 spiro atoms. The molecule has 0 aromatic heterocycles. The minimum absolute atomic E-state index is 0.131. The van der Waals surface area contributed by atoms with Crippen LogP contribution in [0.15, 0.2) is 42.5 Å². The van der Waals surface area contributed by atoms with Crippen LogP contribution in [0, 0.1) is 10.1 Å². The second-order valence-corrected chi connectivity index (χ2v) is 6.27. The van der Waals surface area contributed by atoms with Gasteiger partial charge in [0.2, 0.25) is 0 Å². The molecule has 0 aliphatic carbocycles. The van der Waals surface area contributed by atoms with E-state index in [9.17, 15) is 19.7 Å². The molecule has 2 aromatic carbocycles. The fourth-order valence-electron chi connectivity index (χ4n) is 2.89. The molecule has 1 atom stereocenters. The zero-order valence-electron chi connectivity index (χ0n) is 13.8. The van der Waals surface area contributed by atoms with Crippen molar-refractivity contribution in [2.45, 2.75) is 19.4 Å². The number of carbonyl (C=O) groups excluding carboxylic acids is 2. The quantitative estimate of drug-likeness (QED) is 0.465. The normalized spacial score (nSPS) is 13.8. The SMILES string of the molecule is CC(OC(=O)c1ccc(Cl)cc1[N+](=O)[O-])C(=O)N1CCc2ccccc21. The lowest BCUT2D eigenvalue weighted by atomic mass is 10.2. The maximum absolute atomic E-state index is 12.6. The van der Waals surface area contributed by atoms with E-state index < -0.39 is 22.7 Å². The number of hydrogen-bond acceptors (Lipinski definition) is 5. The van der Waals surface area contributed by atoms with Crippen molar-refractivity contribution in [1.29, 1.82) is 0 Å². The molecule has 2 aromatic rings. The molecule has 0 N–H and O–H groups in total. The van der Waals surface area contributed by atoms with E-state index in [4.69, 9.17) is 16.3 Å². The van der Waals surface area contributed by atoms with Gasteiger partial charge in [-0.15, -0.1) is 0 Å². The molecule has 0 radical (unpaired) electrons. The minimum atomic E-state index is -1.08. The number of ether oxygens (including phenoxy) is 1. The number of rotatable bonds is 4. The lowest BCUT2D eigenvalue weighted by Gasteiger charge is -2.21. The average molecular weight is 375 g/mol. The number of esters is 1. The molecule has 0 saturated carbocycles. The number of nitro benzene ring substituents is 1. The summed E-state index contributed by atoms with van der Waals surface area (Å²) in [5, 5.41) is 11.2. The van der Waals surface area contributed by atoms with E-state index in [1.54, 1.807) is 4.90 Å². The van der Waals surface area contributed by atoms with E-state index in [2.05, 4.69) is 0 Å². The Bertz CT molecular complexity index is 899. The molecule has 0 fully saturated rings. The highest BCUT2D eigenvalue weighted by molar-refractivity contribution is 6.31. The van der Waals surface area contributed by atoms with Gasteiger partial charge in [0, 0.05) is 23.3 Å². The van der Waals surface area contributed by atoms with Crippen LogP contribution in [0.3, 0.4) is 0 Å². The van der Waals surface area contributed by atoms with Crippen molar-refractivity contribution in [3.8, 4) is 0 Å². The predicted octanol–water partition coefficient (Wildman–Crippen LogP) is 3.38. The topological polar surface area (TPSA) is 89.7 Å². The summed E-state index contributed by atoms with van der Waals surface area (Å²) in [5.74, 6) is -1.32. The Hall–Kier alpha value is -2.93. The summed E-state index contributed by atoms with van der Waals surface area (Å²) >= 11 is 5.74. The first-order chi connectivity index (χ1) is 12.4. The van der Waals surface area contributed by atoms with E-state index in [0.717, 1.165) is 23.7 Å². The molecule has 26 heavy (non-hydrogen) atoms. The lowest BCUT2D eigenvalue weighted by molar-refractivity contribution is -0.385. The third-order valence-electron chi connectivity index (χ3n) is 4.16. The van der Waals surface area contributed by atoms with Crippen LogP contribution in [-0.2, 0) is 16.0 Å². The fourth-order valence-corrected chi connectivity index (χ4v) is 3.06. The van der Waals surface area contributed by atoms with Crippen LogP contribution >= 0.6 is 11.6 Å². The highest BCUT2D eigenvalue weighted by atomic mass is 35.5. The van der Waals surface area contributed by atoms with Gasteiger partial charge < -0.3 is 9.64 Å². The second-order valence-electron chi connectivity index (χ2n) is 5.83. The van der Waals surface area contributed by atoms with Gasteiger partial charge in [0.15, 0.2) is 6.10 Å². The molecule has 3 rings (SSSR count). The van der Waals surface area contributed by atoms with Gasteiger partial charge >= 0.3 is 5.97 Å². The summed E-state index contributed by atoms with van der Waals surface area (Å²) in [6, 6.07) is 11.1. The van der Waals surface area contributed by atoms with Crippen LogP contribution in [0.5, 0.6) is 0 Å². The lowest BCUT2D eigenvalue weighted by Crippen LogP contribution is -2.39. The number of amides is 1. The van der Waals surface area contributed by atoms with Crippen molar-refractivity contribution in [3.63, 3.8) is 0 Å². The van der Waals surface area contributed by atoms with E-state index in [1.807, 2.05) is 24.3 Å². The van der Waals surface area contributed by atoms with Crippen LogP contribution in [0.1, 0.15) is 22.8 Å². The number of fused-ring (bicyclic) bond motifs is 1. The van der Waals surface area contributed by atoms with E-state index in [0.29, 0.717) is 6.54 Å². The van der Waals surface area contributed by atoms with Crippen LogP contribution in [0.2, 0.25) is 5.02 Å². The van der Waals surface area contributed by atoms with Gasteiger partial charge in [-0.05, 0) is 37.1 Å². The molecule has 0 bridgehead atoms. The zero-order chi connectivity index (χ0) is 18.8. The maximum Gasteiger partial charge on any atom is 0.345 e. The smallest absolute Gasteiger partial charge is 0.345 e. The Morgan fingerprint density at radius 2 is 2.00 bits per heavy atom. The van der Waals surface area contributed by atoms with Gasteiger partial charge in [-0.1, -0.05) is 29.8 Å². The molecule has 8 heteroatoms. The minimum Gasteiger partial charge on any atom is -0.449 e. The summed E-state index contributed by atoms with van der Waals surface area (Å²) in [6.07, 6.45) is -0.352. The molecule has 1 aliphatic rings. The predicted molar refractivity (Wildman–Crippen MR) is 95.5 cm³/mol. The highest BCUT2D eigenvalue weighted by Crippen LogP contribution is 2.29. The van der Waals surface area contributed by atoms with Crippen molar-refractivity contribution >= 4 is 34.9 Å². The zero-order valence-corrected chi connectivity index (χ0v) is 14.6. The number of anilines is 1. The number of nitro groups is 1. The summed E-state index contributed by atoms with van der Waals surface area (Å²) in [5.41, 5.74) is 1.13. The van der Waals surface area contributed by atoms with Gasteiger partial charge in [-0.3, -0.25) is 14.9 Å². The van der Waals surface area contributed by atoms with Crippen molar-refractivity contribution < 1.29 is 19.2 Å². The van der Waals surface area contributed by atoms with Crippen LogP contribution < -0.4 is 4.90 Å². The van der Waals surface area contributed by atoms with Crippen molar-refractivity contribution in [1.82, 2.24) is 0 Å². The van der Waals surface area contributed by atoms with Gasteiger partial charge in [0.25, 0.3) is 11.6 Å². The van der Waals surface area contributed by atoms with Gasteiger partial charge in [0.1, 0.15) is 5.56 Å². The standard InChI is InChI=1S/C18H15ClN2O5/c1-11(17(22)20-9-8-12-4-2-3-5-15(12)20)26-18(23)14-7-6-13(19)10-16(14)21(24)25/h2-7,10-11H,8-9H2,1H3. The fraction of sp³-hybridized carbons (Fsp3) is 0.222. The van der Waals surface area contributed by atoms with E-state index >= 15 is 0 Å². The first kappa shape index (κ1) is 17.9.